The maximum atomic E-state index is 13.4. The Morgan fingerprint density at radius 2 is 0.936 bits per heavy atom. The van der Waals surface area contributed by atoms with Crippen LogP contribution in [0.5, 0.6) is 0 Å². The highest BCUT2D eigenvalue weighted by Crippen LogP contribution is 2.67. The number of rotatable bonds is 41. The van der Waals surface area contributed by atoms with Gasteiger partial charge < -0.3 is 28.4 Å². The highest BCUT2D eigenvalue weighted by Gasteiger charge is 2.61. The van der Waals surface area contributed by atoms with Crippen molar-refractivity contribution in [1.82, 2.24) is 0 Å². The molecule has 0 aromatic carbocycles. The van der Waals surface area contributed by atoms with E-state index in [1.54, 1.807) is 20.8 Å². The Morgan fingerprint density at radius 1 is 0.500 bits per heavy atom. The Balaban J connectivity index is 1.15. The second-order valence-electron chi connectivity index (χ2n) is 26.4. The number of fused-ring (bicyclic) bond motifs is 5. The molecule has 0 heterocycles. The molecule has 78 heavy (non-hydrogen) atoms. The molecule has 0 radical (unpaired) electrons. The fraction of sp³-hybridized carbons (Fsp3) is 0.909. The lowest BCUT2D eigenvalue weighted by Crippen LogP contribution is -2.54. The molecule has 12 nitrogen and oxygen atoms in total. The van der Waals surface area contributed by atoms with Crippen LogP contribution in [-0.2, 0) is 52.4 Å². The first-order valence-corrected chi connectivity index (χ1v) is 32.5. The lowest BCUT2D eigenvalue weighted by Gasteiger charge is -2.61. The van der Waals surface area contributed by atoms with Gasteiger partial charge in [0.2, 0.25) is 6.29 Å². The number of unbranched alkanes of at least 4 members (excludes halogenated alkanes) is 24. The van der Waals surface area contributed by atoms with Gasteiger partial charge in [0.05, 0.1) is 12.8 Å². The fourth-order valence-electron chi connectivity index (χ4n) is 14.8. The molecule has 4 fully saturated rings. The molecule has 0 N–H and O–H groups in total. The molecule has 1 unspecified atom stereocenters. The Hall–Kier alpha value is -3.18. The number of ether oxygens (including phenoxy) is 6. The molecule has 450 valence electrons. The summed E-state index contributed by atoms with van der Waals surface area (Å²) in [6.45, 7) is 15.6. The van der Waals surface area contributed by atoms with Gasteiger partial charge in [-0.05, 0) is 117 Å². The zero-order valence-corrected chi connectivity index (χ0v) is 51.0. The maximum absolute atomic E-state index is 13.4. The van der Waals surface area contributed by atoms with Crippen LogP contribution in [0.15, 0.2) is 0 Å². The van der Waals surface area contributed by atoms with E-state index in [4.69, 9.17) is 28.4 Å². The minimum Gasteiger partial charge on any atom is -0.462 e. The molecule has 0 spiro atoms. The summed E-state index contributed by atoms with van der Waals surface area (Å²) in [5.41, 5.74) is -0.603. The summed E-state index contributed by atoms with van der Waals surface area (Å²) < 4.78 is 33.7. The normalized spacial score (nSPS) is 25.0. The molecule has 0 aromatic rings. The van der Waals surface area contributed by atoms with E-state index >= 15 is 0 Å². The number of ketones is 1. The number of Topliss-reactive ketones (excluding diaryl/α,β-unsaturated/α-hetero) is 1. The Morgan fingerprint density at radius 3 is 1.41 bits per heavy atom. The minimum absolute atomic E-state index is 0.125. The van der Waals surface area contributed by atoms with Crippen LogP contribution in [0, 0.1) is 45.8 Å². The number of hydrogen-bond acceptors (Lipinski definition) is 12. The van der Waals surface area contributed by atoms with Crippen molar-refractivity contribution in [3.63, 3.8) is 0 Å². The summed E-state index contributed by atoms with van der Waals surface area (Å²) in [6.07, 6.45) is 37.5. The van der Waals surface area contributed by atoms with Crippen molar-refractivity contribution in [2.45, 2.75) is 324 Å². The van der Waals surface area contributed by atoms with E-state index in [2.05, 4.69) is 27.7 Å². The second-order valence-corrected chi connectivity index (χ2v) is 26.4. The average molecular weight is 1100 g/mol. The topological polar surface area (TPSA) is 158 Å². The average Bonchev–Trinajstić information content (AvgIpc) is 3.95. The number of esters is 4. The minimum atomic E-state index is -1.20. The predicted octanol–water partition coefficient (Wildman–Crippen LogP) is 17.4. The van der Waals surface area contributed by atoms with Crippen LogP contribution in [-0.4, -0.2) is 67.5 Å². The van der Waals surface area contributed by atoms with Gasteiger partial charge in [0.15, 0.2) is 6.10 Å². The van der Waals surface area contributed by atoms with Gasteiger partial charge in [-0.25, -0.2) is 4.79 Å². The predicted molar refractivity (Wildman–Crippen MR) is 308 cm³/mol. The molecule has 4 saturated carbocycles. The van der Waals surface area contributed by atoms with Crippen molar-refractivity contribution in [3.05, 3.63) is 0 Å². The monoisotopic (exact) mass is 1100 g/mol. The van der Waals surface area contributed by atoms with Gasteiger partial charge in [0.1, 0.15) is 25.1 Å². The highest BCUT2D eigenvalue weighted by atomic mass is 16.8. The first-order valence-electron chi connectivity index (χ1n) is 32.5. The van der Waals surface area contributed by atoms with Gasteiger partial charge in [-0.1, -0.05) is 196 Å². The summed E-state index contributed by atoms with van der Waals surface area (Å²) >= 11 is 0. The molecule has 4 aliphatic rings. The quantitative estimate of drug-likeness (QED) is 0.0247. The third-order valence-corrected chi connectivity index (χ3v) is 19.3. The Labute approximate surface area is 474 Å². The van der Waals surface area contributed by atoms with Crippen LogP contribution in [0.1, 0.15) is 306 Å². The summed E-state index contributed by atoms with van der Waals surface area (Å²) in [6, 6.07) is 0. The molecule has 0 bridgehead atoms. The van der Waals surface area contributed by atoms with Crippen molar-refractivity contribution in [2.24, 2.45) is 45.8 Å². The van der Waals surface area contributed by atoms with E-state index in [0.29, 0.717) is 29.5 Å². The smallest absolute Gasteiger partial charge is 0.462 e. The van der Waals surface area contributed by atoms with Crippen molar-refractivity contribution in [1.29, 1.82) is 0 Å². The van der Waals surface area contributed by atoms with Gasteiger partial charge in [-0.2, -0.15) is 0 Å². The largest absolute Gasteiger partial charge is 0.511 e. The molecule has 0 aliphatic heterocycles. The summed E-state index contributed by atoms with van der Waals surface area (Å²) in [5.74, 6) is 0.838. The molecular formula is C66H114O12. The van der Waals surface area contributed by atoms with Gasteiger partial charge in [0.25, 0.3) is 0 Å². The standard InChI is InChI=1S/C66H114O12/c1-9-11-13-15-17-19-21-23-25-27-29-31-33-35-59(68)73-48-54(49-74-60(69)36-34-32-30-28-26-24-22-20-18-16-14-12-10-2)77-62(71)47-64(5,6)46-61(70)75-51(4)76-63(72)78-53-41-43-65(7)52(45-53)37-38-55-57-40-39-56(50(3)67)66(57,8)44-42-58(55)65/h51-58H,9-49H2,1-8H3/t51?,52-,53+,55-,56+,57-,58-,65-,66+/m0/s1. The zero-order chi connectivity index (χ0) is 56.8. The third kappa shape index (κ3) is 24.1. The SMILES string of the molecule is CCCCCCCCCCCCCCCC(=O)OCC(COC(=O)CCCCCCCCCCCCCCC)OC(=O)CC(C)(C)CC(=O)OC(C)OC(=O)O[C@@H]1CC[C@@]2(C)[C@@H](CC[C@@H]3[C@@H]2CC[C@]2(C)[C@@H](C(C)=O)CC[C@@H]32)C1. The summed E-state index contributed by atoms with van der Waals surface area (Å²) in [4.78, 5) is 77.9. The van der Waals surface area contributed by atoms with Crippen LogP contribution in [0.25, 0.3) is 0 Å². The lowest BCUT2D eigenvalue weighted by molar-refractivity contribution is -0.175. The molecule has 9 atom stereocenters. The van der Waals surface area contributed by atoms with E-state index in [-0.39, 0.29) is 73.7 Å². The molecule has 4 rings (SSSR count). The van der Waals surface area contributed by atoms with Crippen molar-refractivity contribution in [3.8, 4) is 0 Å². The molecule has 0 aromatic heterocycles. The van der Waals surface area contributed by atoms with E-state index < -0.39 is 35.9 Å². The number of hydrogen-bond donors (Lipinski definition) is 0. The van der Waals surface area contributed by atoms with E-state index in [1.165, 1.54) is 129 Å². The fourth-order valence-corrected chi connectivity index (χ4v) is 14.8. The van der Waals surface area contributed by atoms with Crippen LogP contribution >= 0.6 is 0 Å². The van der Waals surface area contributed by atoms with Crippen molar-refractivity contribution < 1.29 is 57.2 Å². The third-order valence-electron chi connectivity index (χ3n) is 19.3. The maximum Gasteiger partial charge on any atom is 0.511 e. The lowest BCUT2D eigenvalue weighted by atomic mass is 9.44. The van der Waals surface area contributed by atoms with E-state index in [1.807, 2.05) is 0 Å². The van der Waals surface area contributed by atoms with Gasteiger partial charge >= 0.3 is 30.0 Å². The molecule has 4 aliphatic carbocycles. The van der Waals surface area contributed by atoms with Crippen LogP contribution < -0.4 is 0 Å². The van der Waals surface area contributed by atoms with Crippen LogP contribution in [0.3, 0.4) is 0 Å². The molecule has 12 heteroatoms. The summed E-state index contributed by atoms with van der Waals surface area (Å²) in [7, 11) is 0. The number of carbonyl (C=O) groups is 6. The van der Waals surface area contributed by atoms with Gasteiger partial charge in [0, 0.05) is 25.7 Å². The first-order chi connectivity index (χ1) is 37.4. The van der Waals surface area contributed by atoms with Crippen molar-refractivity contribution in [2.75, 3.05) is 13.2 Å². The molecule has 0 amide bonds. The molecular weight excluding hydrogens is 985 g/mol. The second kappa shape index (κ2) is 36.3. The summed E-state index contributed by atoms with van der Waals surface area (Å²) in [5, 5.41) is 0. The Bertz CT molecular complexity index is 1720. The van der Waals surface area contributed by atoms with E-state index in [9.17, 15) is 28.8 Å². The van der Waals surface area contributed by atoms with Gasteiger partial charge in [-0.3, -0.25) is 24.0 Å². The van der Waals surface area contributed by atoms with Gasteiger partial charge in [-0.15, -0.1) is 0 Å². The van der Waals surface area contributed by atoms with Crippen LogP contribution in [0.4, 0.5) is 4.79 Å². The zero-order valence-electron chi connectivity index (χ0n) is 51.0. The van der Waals surface area contributed by atoms with Crippen molar-refractivity contribution >= 4 is 35.8 Å². The van der Waals surface area contributed by atoms with E-state index in [0.717, 1.165) is 103 Å². The van der Waals surface area contributed by atoms with Crippen LogP contribution in [0.2, 0.25) is 0 Å². The number of carbonyl (C=O) groups excluding carboxylic acids is 6. The Kier molecular flexibility index (Phi) is 31.3. The molecule has 0 saturated heterocycles. The first kappa shape index (κ1) is 67.3. The highest BCUT2D eigenvalue weighted by molar-refractivity contribution is 5.79.